The largest absolute Gasteiger partial charge is 0 e. The summed E-state index contributed by atoms with van der Waals surface area (Å²) < 4.78 is 26.1. The van der Waals surface area contributed by atoms with Crippen molar-refractivity contribution in [2.45, 2.75) is 78.6 Å². The van der Waals surface area contributed by atoms with Gasteiger partial charge in [-0.15, -0.1) is 0 Å². The van der Waals surface area contributed by atoms with Gasteiger partial charge in [0, 0.05) is 23.9 Å². The maximum Gasteiger partial charge on any atom is 0 e. The summed E-state index contributed by atoms with van der Waals surface area (Å²) in [5, 5.41) is 0. The van der Waals surface area contributed by atoms with E-state index in [1.165, 1.54) is 0 Å². The first-order valence-electron chi connectivity index (χ1n) is 7.63. The zero-order valence-electron chi connectivity index (χ0n) is 16.6. The van der Waals surface area contributed by atoms with Crippen LogP contribution < -0.4 is 0 Å². The van der Waals surface area contributed by atoms with E-state index in [1.54, 1.807) is 0 Å². The molecule has 4 radical (unpaired) electrons. The van der Waals surface area contributed by atoms with E-state index in [9.17, 15) is 0 Å². The average molecular weight is 523 g/mol. The molecule has 0 rings (SSSR count). The van der Waals surface area contributed by atoms with Crippen molar-refractivity contribution in [1.29, 1.82) is 0 Å². The summed E-state index contributed by atoms with van der Waals surface area (Å²) in [7, 11) is -7.27. The van der Waals surface area contributed by atoms with Crippen molar-refractivity contribution in [1.82, 2.24) is 0 Å². The maximum atomic E-state index is 6.52. The van der Waals surface area contributed by atoms with Gasteiger partial charge >= 0.3 is 142 Å². The second-order valence-electron chi connectivity index (χ2n) is 9.36. The number of rotatable bonds is 8. The Morgan fingerprint density at radius 3 is 0.636 bits per heavy atom. The van der Waals surface area contributed by atoms with Crippen molar-refractivity contribution in [3.63, 3.8) is 0 Å². The predicted octanol–water partition coefficient (Wildman–Crippen LogP) is 4.83. The molecule has 0 spiro atoms. The molecule has 0 unspecified atom stereocenters. The van der Waals surface area contributed by atoms with Crippen molar-refractivity contribution in [2.75, 3.05) is 0 Å². The minimum atomic E-state index is -3.71. The third-order valence-corrected chi connectivity index (χ3v) is 21.3. The standard InChI is InChI=1S/4C3H9OSi.Sn.Ti/c4*1-5(2,3)4;;/h4*1-3H3;;/q4*-1;;+4. The molecule has 0 aromatic heterocycles. The first-order valence-corrected chi connectivity index (χ1v) is 23.8. The van der Waals surface area contributed by atoms with Crippen molar-refractivity contribution in [3.8, 4) is 0 Å². The molecule has 0 aromatic rings. The quantitative estimate of drug-likeness (QED) is 0.428. The molecule has 0 atom stereocenters. The smallest absolute Gasteiger partial charge is 0 e. The van der Waals surface area contributed by atoms with Gasteiger partial charge in [0.2, 0.25) is 0 Å². The second kappa shape index (κ2) is 8.74. The van der Waals surface area contributed by atoms with E-state index in [0.717, 1.165) is 0 Å². The fourth-order valence-electron chi connectivity index (χ4n) is 1.63. The van der Waals surface area contributed by atoms with Crippen LogP contribution in [0.2, 0.25) is 78.6 Å². The van der Waals surface area contributed by atoms with Gasteiger partial charge in [0.15, 0.2) is 0 Å². The van der Waals surface area contributed by atoms with Crippen molar-refractivity contribution in [3.05, 3.63) is 0 Å². The Balaban J connectivity index is 0. The van der Waals surface area contributed by atoms with E-state index in [-0.39, 0.29) is 23.9 Å². The minimum absolute atomic E-state index is 0. The van der Waals surface area contributed by atoms with E-state index < -0.39 is 51.4 Å². The molecule has 0 aliphatic heterocycles. The van der Waals surface area contributed by atoms with Crippen LogP contribution in [0.4, 0.5) is 0 Å². The summed E-state index contributed by atoms with van der Waals surface area (Å²) in [6.07, 6.45) is 0. The average Bonchev–Trinajstić information content (AvgIpc) is 1.83. The molecular weight excluding hydrogens is 487 g/mol. The molecule has 0 fully saturated rings. The van der Waals surface area contributed by atoms with Crippen LogP contribution in [0.5, 0.6) is 0 Å². The molecule has 0 amide bonds. The molecule has 0 saturated carbocycles. The monoisotopic (exact) mass is 524 g/mol. The number of hydrogen-bond donors (Lipinski definition) is 0. The van der Waals surface area contributed by atoms with Crippen LogP contribution in [0.1, 0.15) is 0 Å². The van der Waals surface area contributed by atoms with Gasteiger partial charge < -0.3 is 0 Å². The van der Waals surface area contributed by atoms with Crippen molar-refractivity contribution < 1.29 is 30.2 Å². The maximum absolute atomic E-state index is 6.52. The Labute approximate surface area is 164 Å². The SMILES string of the molecule is C[Si](C)(C)[O][Ti]([O][Si](C)(C)C)([O][Si](C)(C)C)[O][Si](C)(C)C.[Sn]. The van der Waals surface area contributed by atoms with Crippen molar-refractivity contribution in [2.24, 2.45) is 0 Å². The second-order valence-corrected chi connectivity index (χ2v) is 32.5. The minimum Gasteiger partial charge on any atom is 0 e. The number of hydrogen-bond acceptors (Lipinski definition) is 4. The van der Waals surface area contributed by atoms with Crippen LogP contribution in [0, 0.1) is 0 Å². The molecule has 0 aliphatic carbocycles. The van der Waals surface area contributed by atoms with Gasteiger partial charge in [-0.25, -0.2) is 0 Å². The summed E-state index contributed by atoms with van der Waals surface area (Å²) >= 11 is -3.71. The van der Waals surface area contributed by atoms with E-state index in [0.29, 0.717) is 0 Å². The zero-order valence-corrected chi connectivity index (χ0v) is 25.0. The molecule has 0 aliphatic rings. The Morgan fingerprint density at radius 2 is 0.545 bits per heavy atom. The Kier molecular flexibility index (Phi) is 10.5. The molecule has 4 nitrogen and oxygen atoms in total. The van der Waals surface area contributed by atoms with Crippen LogP contribution >= 0.6 is 0 Å². The topological polar surface area (TPSA) is 36.9 Å². The fraction of sp³-hybridized carbons (Fsp3) is 1.00. The molecular formula is C12H36O4Si4SnTi. The Morgan fingerprint density at radius 1 is 0.409 bits per heavy atom. The molecule has 0 saturated heterocycles. The van der Waals surface area contributed by atoms with Gasteiger partial charge in [-0.3, -0.25) is 0 Å². The first kappa shape index (κ1) is 26.4. The van der Waals surface area contributed by atoms with Gasteiger partial charge in [0.1, 0.15) is 0 Å². The van der Waals surface area contributed by atoms with Crippen molar-refractivity contribution >= 4 is 57.2 Å². The zero-order chi connectivity index (χ0) is 17.3. The van der Waals surface area contributed by atoms with Crippen LogP contribution in [0.3, 0.4) is 0 Å². The van der Waals surface area contributed by atoms with Gasteiger partial charge in [-0.1, -0.05) is 0 Å². The molecule has 10 heteroatoms. The Hall–Kier alpha value is 2.22. The van der Waals surface area contributed by atoms with Gasteiger partial charge in [0.05, 0.1) is 0 Å². The molecule has 132 valence electrons. The van der Waals surface area contributed by atoms with E-state index in [2.05, 4.69) is 78.6 Å². The van der Waals surface area contributed by atoms with Crippen LogP contribution in [-0.4, -0.2) is 57.2 Å². The van der Waals surface area contributed by atoms with E-state index in [1.807, 2.05) is 0 Å². The molecule has 0 heterocycles. The first-order chi connectivity index (χ1) is 8.83. The van der Waals surface area contributed by atoms with Crippen LogP contribution in [-0.2, 0) is 30.2 Å². The summed E-state index contributed by atoms with van der Waals surface area (Å²) in [5.41, 5.74) is 0. The van der Waals surface area contributed by atoms with Gasteiger partial charge in [-0.2, -0.15) is 0 Å². The summed E-state index contributed by atoms with van der Waals surface area (Å²) in [6.45, 7) is 26.2. The summed E-state index contributed by atoms with van der Waals surface area (Å²) in [4.78, 5) is 0. The van der Waals surface area contributed by atoms with Crippen LogP contribution in [0.25, 0.3) is 0 Å². The third kappa shape index (κ3) is 14.6. The van der Waals surface area contributed by atoms with E-state index in [4.69, 9.17) is 12.0 Å². The molecule has 0 bridgehead atoms. The van der Waals surface area contributed by atoms with Gasteiger partial charge in [-0.05, 0) is 0 Å². The third-order valence-electron chi connectivity index (χ3n) is 1.72. The van der Waals surface area contributed by atoms with E-state index >= 15 is 0 Å². The summed E-state index contributed by atoms with van der Waals surface area (Å²) in [6, 6.07) is 0. The summed E-state index contributed by atoms with van der Waals surface area (Å²) in [5.74, 6) is 0. The molecule has 0 aromatic carbocycles. The van der Waals surface area contributed by atoms with Gasteiger partial charge in [0.25, 0.3) is 0 Å². The predicted molar refractivity (Wildman–Crippen MR) is 103 cm³/mol. The normalized spacial score (nSPS) is 14.7. The fourth-order valence-corrected chi connectivity index (χ4v) is 23.2. The molecule has 0 N–H and O–H groups in total. The Bertz CT molecular complexity index is 275. The molecule has 22 heavy (non-hydrogen) atoms. The van der Waals surface area contributed by atoms with Crippen LogP contribution in [0.15, 0.2) is 0 Å².